The van der Waals surface area contributed by atoms with Crippen molar-refractivity contribution in [2.45, 2.75) is 76.9 Å². The van der Waals surface area contributed by atoms with Crippen molar-refractivity contribution in [3.8, 4) is 0 Å². The third kappa shape index (κ3) is 8.75. The molecule has 2 aromatic rings. The highest BCUT2D eigenvalue weighted by Gasteiger charge is 2.30. The maximum absolute atomic E-state index is 13.5. The van der Waals surface area contributed by atoms with Gasteiger partial charge in [0.15, 0.2) is 0 Å². The zero-order valence-corrected chi connectivity index (χ0v) is 23.3. The fourth-order valence-corrected chi connectivity index (χ4v) is 5.94. The standard InChI is InChI=1S/C28H38ClN3O4S/c1-3-26(28(34)30-24-11-6-4-7-12-24)31(21-22-16-18-23(29)19-17-22)27(33)15-10-20-32(37(2,35)36)25-13-8-5-9-14-25/h5,8-9,13-14,16-19,24,26H,3-4,6-7,10-12,15,20-21H2,1-2H3,(H,30,34). The van der Waals surface area contributed by atoms with Gasteiger partial charge in [-0.2, -0.15) is 0 Å². The number of halogens is 1. The van der Waals surface area contributed by atoms with E-state index in [1.165, 1.54) is 10.7 Å². The number of nitrogens with one attached hydrogen (secondary N) is 1. The molecule has 1 N–H and O–H groups in total. The Morgan fingerprint density at radius 1 is 1.03 bits per heavy atom. The third-order valence-corrected chi connectivity index (χ3v) is 8.25. The SMILES string of the molecule is CCC(C(=O)NC1CCCCC1)N(Cc1ccc(Cl)cc1)C(=O)CCCN(c1ccccc1)S(C)(=O)=O. The molecule has 0 aromatic heterocycles. The minimum atomic E-state index is -3.51. The molecule has 37 heavy (non-hydrogen) atoms. The zero-order valence-electron chi connectivity index (χ0n) is 21.7. The van der Waals surface area contributed by atoms with Gasteiger partial charge >= 0.3 is 0 Å². The molecule has 202 valence electrons. The predicted octanol–water partition coefficient (Wildman–Crippen LogP) is 5.14. The van der Waals surface area contributed by atoms with Crippen molar-refractivity contribution in [1.29, 1.82) is 0 Å². The first-order valence-corrected chi connectivity index (χ1v) is 15.3. The van der Waals surface area contributed by atoms with Crippen LogP contribution in [0.3, 0.4) is 0 Å². The van der Waals surface area contributed by atoms with Crippen LogP contribution in [-0.4, -0.2) is 50.0 Å². The summed E-state index contributed by atoms with van der Waals surface area (Å²) in [6, 6.07) is 15.7. The molecule has 9 heteroatoms. The molecule has 0 radical (unpaired) electrons. The van der Waals surface area contributed by atoms with E-state index in [4.69, 9.17) is 11.6 Å². The average molecular weight is 548 g/mol. The van der Waals surface area contributed by atoms with Crippen molar-refractivity contribution in [3.63, 3.8) is 0 Å². The second-order valence-corrected chi connectivity index (χ2v) is 12.0. The van der Waals surface area contributed by atoms with E-state index in [0.29, 0.717) is 23.6 Å². The number of para-hydroxylation sites is 1. The van der Waals surface area contributed by atoms with E-state index in [1.807, 2.05) is 25.1 Å². The number of hydrogen-bond acceptors (Lipinski definition) is 4. The Hall–Kier alpha value is -2.58. The Bertz CT molecular complexity index is 1120. The molecule has 1 unspecified atom stereocenters. The second-order valence-electron chi connectivity index (χ2n) is 9.69. The van der Waals surface area contributed by atoms with E-state index in [0.717, 1.165) is 37.5 Å². The molecule has 1 atom stereocenters. The van der Waals surface area contributed by atoms with E-state index < -0.39 is 16.1 Å². The lowest BCUT2D eigenvalue weighted by atomic mass is 9.95. The molecule has 0 spiro atoms. The van der Waals surface area contributed by atoms with Gasteiger partial charge in [-0.3, -0.25) is 13.9 Å². The van der Waals surface area contributed by atoms with Gasteiger partial charge in [-0.15, -0.1) is 0 Å². The number of carbonyl (C=O) groups excluding carboxylic acids is 2. The molecule has 1 aliphatic rings. The van der Waals surface area contributed by atoms with Crippen molar-refractivity contribution in [1.82, 2.24) is 10.2 Å². The minimum absolute atomic E-state index is 0.125. The van der Waals surface area contributed by atoms with Crippen molar-refractivity contribution in [2.24, 2.45) is 0 Å². The lowest BCUT2D eigenvalue weighted by molar-refractivity contribution is -0.141. The largest absolute Gasteiger partial charge is 0.352 e. The molecule has 3 rings (SSSR count). The van der Waals surface area contributed by atoms with Crippen LogP contribution in [0, 0.1) is 0 Å². The number of benzene rings is 2. The van der Waals surface area contributed by atoms with Crippen LogP contribution in [0.25, 0.3) is 0 Å². The molecule has 0 bridgehead atoms. The van der Waals surface area contributed by atoms with Crippen molar-refractivity contribution in [3.05, 3.63) is 65.2 Å². The summed E-state index contributed by atoms with van der Waals surface area (Å²) < 4.78 is 26.1. The Balaban J connectivity index is 1.74. The van der Waals surface area contributed by atoms with E-state index >= 15 is 0 Å². The van der Waals surface area contributed by atoms with Gasteiger partial charge < -0.3 is 10.2 Å². The maximum atomic E-state index is 13.5. The summed E-state index contributed by atoms with van der Waals surface area (Å²) in [6.45, 7) is 2.36. The summed E-state index contributed by atoms with van der Waals surface area (Å²) in [5.74, 6) is -0.305. The van der Waals surface area contributed by atoms with Crippen LogP contribution >= 0.6 is 11.6 Å². The first-order valence-electron chi connectivity index (χ1n) is 13.1. The number of nitrogens with zero attached hydrogens (tertiary/aromatic N) is 2. The lowest BCUT2D eigenvalue weighted by Gasteiger charge is -2.33. The molecule has 2 aromatic carbocycles. The molecule has 0 saturated heterocycles. The second kappa shape index (κ2) is 13.8. The molecular weight excluding hydrogens is 510 g/mol. The predicted molar refractivity (Wildman–Crippen MR) is 149 cm³/mol. The highest BCUT2D eigenvalue weighted by Crippen LogP contribution is 2.21. The van der Waals surface area contributed by atoms with E-state index in [-0.39, 0.29) is 37.4 Å². The highest BCUT2D eigenvalue weighted by atomic mass is 35.5. The Morgan fingerprint density at radius 2 is 1.68 bits per heavy atom. The molecule has 7 nitrogen and oxygen atoms in total. The fourth-order valence-electron chi connectivity index (χ4n) is 4.85. The summed E-state index contributed by atoms with van der Waals surface area (Å²) >= 11 is 6.05. The fraction of sp³-hybridized carbons (Fsp3) is 0.500. The van der Waals surface area contributed by atoms with Crippen LogP contribution in [0.2, 0.25) is 5.02 Å². The molecule has 0 heterocycles. The van der Waals surface area contributed by atoms with Gasteiger partial charge in [0, 0.05) is 30.6 Å². The molecular formula is C28H38ClN3O4S. The van der Waals surface area contributed by atoms with Crippen molar-refractivity contribution < 1.29 is 18.0 Å². The summed E-state index contributed by atoms with van der Waals surface area (Å²) in [7, 11) is -3.51. The highest BCUT2D eigenvalue weighted by molar-refractivity contribution is 7.92. The van der Waals surface area contributed by atoms with Gasteiger partial charge in [-0.1, -0.05) is 68.1 Å². The number of amides is 2. The van der Waals surface area contributed by atoms with Crippen molar-refractivity contribution in [2.75, 3.05) is 17.1 Å². The van der Waals surface area contributed by atoms with Crippen LogP contribution in [-0.2, 0) is 26.2 Å². The topological polar surface area (TPSA) is 86.8 Å². The van der Waals surface area contributed by atoms with Crippen LogP contribution in [0.1, 0.15) is 63.9 Å². The minimum Gasteiger partial charge on any atom is -0.352 e. The van der Waals surface area contributed by atoms with Crippen LogP contribution in [0.5, 0.6) is 0 Å². The molecule has 2 amide bonds. The molecule has 0 aliphatic heterocycles. The van der Waals surface area contributed by atoms with Gasteiger partial charge in [-0.25, -0.2) is 8.42 Å². The van der Waals surface area contributed by atoms with Gasteiger partial charge in [-0.05, 0) is 55.5 Å². The number of sulfonamides is 1. The Morgan fingerprint density at radius 3 is 2.27 bits per heavy atom. The number of hydrogen-bond donors (Lipinski definition) is 1. The van der Waals surface area contributed by atoms with Gasteiger partial charge in [0.25, 0.3) is 0 Å². The summed E-state index contributed by atoms with van der Waals surface area (Å²) in [6.07, 6.45) is 7.44. The quantitative estimate of drug-likeness (QED) is 0.398. The Labute approximate surface area is 226 Å². The van der Waals surface area contributed by atoms with Crippen LogP contribution in [0.4, 0.5) is 5.69 Å². The van der Waals surface area contributed by atoms with Gasteiger partial charge in [0.1, 0.15) is 6.04 Å². The van der Waals surface area contributed by atoms with Gasteiger partial charge in [0.05, 0.1) is 11.9 Å². The maximum Gasteiger partial charge on any atom is 0.243 e. The van der Waals surface area contributed by atoms with Gasteiger partial charge in [0.2, 0.25) is 21.8 Å². The summed E-state index contributed by atoms with van der Waals surface area (Å²) in [4.78, 5) is 28.5. The number of anilines is 1. The third-order valence-electron chi connectivity index (χ3n) is 6.80. The van der Waals surface area contributed by atoms with E-state index in [2.05, 4.69) is 5.32 Å². The Kier molecular flexibility index (Phi) is 10.8. The first kappa shape index (κ1) is 29.0. The molecule has 1 saturated carbocycles. The van der Waals surface area contributed by atoms with Crippen LogP contribution < -0.4 is 9.62 Å². The monoisotopic (exact) mass is 547 g/mol. The molecule has 1 fully saturated rings. The first-order chi connectivity index (χ1) is 17.7. The average Bonchev–Trinajstić information content (AvgIpc) is 2.88. The zero-order chi connectivity index (χ0) is 26.8. The number of carbonyl (C=O) groups is 2. The number of rotatable bonds is 12. The summed E-state index contributed by atoms with van der Waals surface area (Å²) in [5.41, 5.74) is 1.44. The lowest BCUT2D eigenvalue weighted by Crippen LogP contribution is -2.51. The van der Waals surface area contributed by atoms with E-state index in [1.54, 1.807) is 41.3 Å². The summed E-state index contributed by atoms with van der Waals surface area (Å²) in [5, 5.41) is 3.78. The van der Waals surface area contributed by atoms with Crippen LogP contribution in [0.15, 0.2) is 54.6 Å². The smallest absolute Gasteiger partial charge is 0.243 e. The van der Waals surface area contributed by atoms with E-state index in [9.17, 15) is 18.0 Å². The van der Waals surface area contributed by atoms with Crippen molar-refractivity contribution >= 4 is 39.1 Å². The molecule has 1 aliphatic carbocycles. The normalized spacial score (nSPS) is 15.1.